The van der Waals surface area contributed by atoms with E-state index in [9.17, 15) is 9.59 Å². The van der Waals surface area contributed by atoms with Crippen LogP contribution < -0.4 is 10.2 Å². The Hall–Kier alpha value is -2.04. The summed E-state index contributed by atoms with van der Waals surface area (Å²) in [5.74, 6) is -0.456. The second-order valence-corrected chi connectivity index (χ2v) is 7.11. The van der Waals surface area contributed by atoms with Gasteiger partial charge in [-0.25, -0.2) is 0 Å². The van der Waals surface area contributed by atoms with E-state index in [1.54, 1.807) is 17.0 Å². The number of benzene rings is 2. The fourth-order valence-corrected chi connectivity index (χ4v) is 3.42. The summed E-state index contributed by atoms with van der Waals surface area (Å²) in [4.78, 5) is 27.3. The molecule has 2 amide bonds. The maximum atomic E-state index is 12.9. The third-order valence-corrected chi connectivity index (χ3v) is 5.23. The molecule has 0 spiro atoms. The number of unbranched alkanes of at least 4 members (excludes halogenated alkanes) is 2. The topological polar surface area (TPSA) is 49.4 Å². The van der Waals surface area contributed by atoms with Crippen LogP contribution in [0, 0.1) is 0 Å². The second kappa shape index (κ2) is 8.11. The summed E-state index contributed by atoms with van der Waals surface area (Å²) >= 11 is 11.9. The molecule has 3 rings (SSSR count). The van der Waals surface area contributed by atoms with Gasteiger partial charge < -0.3 is 10.2 Å². The number of fused-ring (bicyclic) bond motifs is 1. The number of amides is 2. The molecule has 0 saturated carbocycles. The van der Waals surface area contributed by atoms with Crippen molar-refractivity contribution in [2.24, 2.45) is 0 Å². The van der Waals surface area contributed by atoms with Crippen LogP contribution in [0.3, 0.4) is 0 Å². The molecule has 1 atom stereocenters. The van der Waals surface area contributed by atoms with E-state index in [2.05, 4.69) is 12.2 Å². The first kappa shape index (κ1) is 18.7. The third-order valence-electron chi connectivity index (χ3n) is 4.49. The lowest BCUT2D eigenvalue weighted by atomic mass is 10.1. The highest BCUT2D eigenvalue weighted by Crippen LogP contribution is 2.36. The zero-order valence-corrected chi connectivity index (χ0v) is 16.0. The van der Waals surface area contributed by atoms with Crippen molar-refractivity contribution in [1.29, 1.82) is 0 Å². The van der Waals surface area contributed by atoms with Crippen LogP contribution in [-0.4, -0.2) is 18.4 Å². The number of nitrogens with one attached hydrogen (secondary N) is 1. The predicted molar refractivity (Wildman–Crippen MR) is 105 cm³/mol. The molecule has 1 unspecified atom stereocenters. The van der Waals surface area contributed by atoms with Crippen molar-refractivity contribution in [2.75, 3.05) is 11.4 Å². The highest BCUT2D eigenvalue weighted by Gasteiger charge is 2.37. The number of halogens is 2. The summed E-state index contributed by atoms with van der Waals surface area (Å²) in [6.45, 7) is 2.78. The number of carbonyl (C=O) groups is 2. The number of nitrogens with zero attached hydrogens (tertiary/aromatic N) is 1. The molecular formula is C20H20Cl2N2O2. The Morgan fingerprint density at radius 1 is 1.12 bits per heavy atom. The molecule has 6 heteroatoms. The van der Waals surface area contributed by atoms with Gasteiger partial charge in [0.05, 0.1) is 10.0 Å². The van der Waals surface area contributed by atoms with Crippen LogP contribution in [-0.2, 0) is 4.79 Å². The van der Waals surface area contributed by atoms with E-state index in [-0.39, 0.29) is 11.8 Å². The van der Waals surface area contributed by atoms with Gasteiger partial charge in [-0.2, -0.15) is 0 Å². The zero-order valence-electron chi connectivity index (χ0n) is 14.5. The number of para-hydroxylation sites is 1. The summed E-state index contributed by atoms with van der Waals surface area (Å²) in [7, 11) is 0. The first-order chi connectivity index (χ1) is 12.5. The molecule has 2 aromatic rings. The Kier molecular flexibility index (Phi) is 5.84. The van der Waals surface area contributed by atoms with Gasteiger partial charge in [-0.05, 0) is 30.7 Å². The standard InChI is InChI=1S/C20H20Cl2N2O2/c1-2-3-6-11-24-17-8-5-4-7-14(17)18(20(24)26)23-19(25)13-9-10-15(21)16(22)12-13/h4-5,7-10,12,18H,2-3,6,11H2,1H3,(H,23,25). The van der Waals surface area contributed by atoms with Gasteiger partial charge in [0.1, 0.15) is 6.04 Å². The molecule has 1 aliphatic heterocycles. The predicted octanol–water partition coefficient (Wildman–Crippen LogP) is 5.00. The summed E-state index contributed by atoms with van der Waals surface area (Å²) in [6, 6.07) is 11.6. The highest BCUT2D eigenvalue weighted by atomic mass is 35.5. The van der Waals surface area contributed by atoms with Crippen LogP contribution in [0.2, 0.25) is 10.0 Å². The number of anilines is 1. The Bertz CT molecular complexity index is 838. The Morgan fingerprint density at radius 2 is 1.88 bits per heavy atom. The molecular weight excluding hydrogens is 371 g/mol. The lowest BCUT2D eigenvalue weighted by Crippen LogP contribution is -2.37. The van der Waals surface area contributed by atoms with Gasteiger partial charge in [0, 0.05) is 23.4 Å². The van der Waals surface area contributed by atoms with E-state index in [1.807, 2.05) is 24.3 Å². The maximum Gasteiger partial charge on any atom is 0.254 e. The fraction of sp³-hybridized carbons (Fsp3) is 0.300. The van der Waals surface area contributed by atoms with Crippen LogP contribution >= 0.6 is 23.2 Å². The molecule has 0 bridgehead atoms. The van der Waals surface area contributed by atoms with Crippen molar-refractivity contribution in [2.45, 2.75) is 32.2 Å². The van der Waals surface area contributed by atoms with Crippen molar-refractivity contribution in [1.82, 2.24) is 5.32 Å². The van der Waals surface area contributed by atoms with Crippen molar-refractivity contribution in [3.05, 3.63) is 63.6 Å². The molecule has 26 heavy (non-hydrogen) atoms. The average molecular weight is 391 g/mol. The lowest BCUT2D eigenvalue weighted by Gasteiger charge is -2.18. The first-order valence-electron chi connectivity index (χ1n) is 8.69. The van der Waals surface area contributed by atoms with Gasteiger partial charge in [-0.1, -0.05) is 61.2 Å². The van der Waals surface area contributed by atoms with E-state index in [1.165, 1.54) is 6.07 Å². The molecule has 0 fully saturated rings. The Labute approximate surface area is 163 Å². The van der Waals surface area contributed by atoms with E-state index in [0.29, 0.717) is 22.2 Å². The monoisotopic (exact) mass is 390 g/mol. The molecule has 1 N–H and O–H groups in total. The van der Waals surface area contributed by atoms with Gasteiger partial charge in [-0.3, -0.25) is 9.59 Å². The van der Waals surface area contributed by atoms with Crippen molar-refractivity contribution >= 4 is 40.7 Å². The summed E-state index contributed by atoms with van der Waals surface area (Å²) in [6.07, 6.45) is 3.08. The molecule has 4 nitrogen and oxygen atoms in total. The number of hydrogen-bond donors (Lipinski definition) is 1. The first-order valence-corrected chi connectivity index (χ1v) is 9.44. The Morgan fingerprint density at radius 3 is 2.62 bits per heavy atom. The lowest BCUT2D eigenvalue weighted by molar-refractivity contribution is -0.119. The molecule has 0 aromatic heterocycles. The minimum absolute atomic E-state index is 0.101. The molecule has 1 heterocycles. The largest absolute Gasteiger partial charge is 0.336 e. The summed E-state index contributed by atoms with van der Waals surface area (Å²) in [5, 5.41) is 3.52. The van der Waals surface area contributed by atoms with E-state index < -0.39 is 6.04 Å². The van der Waals surface area contributed by atoms with Gasteiger partial charge in [0.15, 0.2) is 0 Å². The Balaban J connectivity index is 1.82. The molecule has 136 valence electrons. The third kappa shape index (κ3) is 3.71. The van der Waals surface area contributed by atoms with E-state index in [0.717, 1.165) is 30.5 Å². The van der Waals surface area contributed by atoms with Crippen LogP contribution in [0.5, 0.6) is 0 Å². The van der Waals surface area contributed by atoms with Crippen molar-refractivity contribution in [3.63, 3.8) is 0 Å². The van der Waals surface area contributed by atoms with Crippen LogP contribution in [0.15, 0.2) is 42.5 Å². The molecule has 0 radical (unpaired) electrons. The van der Waals surface area contributed by atoms with Crippen LogP contribution in [0.1, 0.15) is 48.1 Å². The molecule has 1 aliphatic rings. The number of carbonyl (C=O) groups excluding carboxylic acids is 2. The second-order valence-electron chi connectivity index (χ2n) is 6.29. The van der Waals surface area contributed by atoms with E-state index in [4.69, 9.17) is 23.2 Å². The van der Waals surface area contributed by atoms with Crippen LogP contribution in [0.4, 0.5) is 5.69 Å². The quantitative estimate of drug-likeness (QED) is 0.705. The fourth-order valence-electron chi connectivity index (χ4n) is 3.13. The van der Waals surface area contributed by atoms with Crippen molar-refractivity contribution in [3.8, 4) is 0 Å². The van der Waals surface area contributed by atoms with Gasteiger partial charge >= 0.3 is 0 Å². The zero-order chi connectivity index (χ0) is 18.7. The molecule has 0 aliphatic carbocycles. The smallest absolute Gasteiger partial charge is 0.254 e. The van der Waals surface area contributed by atoms with Gasteiger partial charge in [0.2, 0.25) is 0 Å². The number of hydrogen-bond acceptors (Lipinski definition) is 2. The van der Waals surface area contributed by atoms with Crippen LogP contribution in [0.25, 0.3) is 0 Å². The van der Waals surface area contributed by atoms with Gasteiger partial charge in [-0.15, -0.1) is 0 Å². The summed E-state index contributed by atoms with van der Waals surface area (Å²) < 4.78 is 0. The summed E-state index contributed by atoms with van der Waals surface area (Å²) in [5.41, 5.74) is 2.06. The van der Waals surface area contributed by atoms with E-state index >= 15 is 0 Å². The minimum atomic E-state index is -0.685. The SMILES string of the molecule is CCCCCN1C(=O)C(NC(=O)c2ccc(Cl)c(Cl)c2)c2ccccc21. The van der Waals surface area contributed by atoms with Gasteiger partial charge in [0.25, 0.3) is 11.8 Å². The highest BCUT2D eigenvalue weighted by molar-refractivity contribution is 6.42. The number of rotatable bonds is 6. The normalized spacial score (nSPS) is 15.9. The van der Waals surface area contributed by atoms with Crippen molar-refractivity contribution < 1.29 is 9.59 Å². The minimum Gasteiger partial charge on any atom is -0.336 e. The molecule has 2 aromatic carbocycles. The average Bonchev–Trinajstić information content (AvgIpc) is 2.90. The maximum absolute atomic E-state index is 12.9. The molecule has 0 saturated heterocycles.